The number of carbonyl (C=O) groups is 1. The first-order valence-electron chi connectivity index (χ1n) is 6.66. The molecule has 0 aromatic heterocycles. The van der Waals surface area contributed by atoms with E-state index in [0.29, 0.717) is 19.1 Å². The van der Waals surface area contributed by atoms with Crippen molar-refractivity contribution in [3.63, 3.8) is 0 Å². The van der Waals surface area contributed by atoms with Gasteiger partial charge >= 0.3 is 0 Å². The van der Waals surface area contributed by atoms with Gasteiger partial charge in [-0.1, -0.05) is 6.92 Å². The van der Waals surface area contributed by atoms with E-state index in [0.717, 1.165) is 19.4 Å². The molecule has 1 aliphatic heterocycles. The number of phenolic OH excluding ortho intramolecular Hbond substituents is 2. The fourth-order valence-electron chi connectivity index (χ4n) is 2.45. The number of nitrogens with one attached hydrogen (secondary N) is 1. The van der Waals surface area contributed by atoms with E-state index in [1.54, 1.807) is 4.90 Å². The van der Waals surface area contributed by atoms with Gasteiger partial charge in [0.25, 0.3) is 5.91 Å². The third-order valence-electron chi connectivity index (χ3n) is 3.49. The molecule has 19 heavy (non-hydrogen) atoms. The first-order valence-corrected chi connectivity index (χ1v) is 6.66. The van der Waals surface area contributed by atoms with E-state index in [-0.39, 0.29) is 23.0 Å². The molecule has 0 aliphatic carbocycles. The molecule has 3 N–H and O–H groups in total. The molecule has 0 spiro atoms. The van der Waals surface area contributed by atoms with Gasteiger partial charge in [-0.15, -0.1) is 0 Å². The molecule has 0 bridgehead atoms. The van der Waals surface area contributed by atoms with Crippen molar-refractivity contribution in [2.45, 2.75) is 25.8 Å². The second-order valence-electron chi connectivity index (χ2n) is 4.83. The zero-order valence-corrected chi connectivity index (χ0v) is 11.1. The number of carbonyl (C=O) groups excluding carboxylic acids is 1. The number of phenols is 2. The smallest absolute Gasteiger partial charge is 0.257 e. The molecule has 0 unspecified atom stereocenters. The number of nitrogens with zero attached hydrogens (tertiary/aromatic N) is 1. The van der Waals surface area contributed by atoms with E-state index in [2.05, 4.69) is 12.2 Å². The number of rotatable bonds is 3. The zero-order chi connectivity index (χ0) is 13.8. The lowest BCUT2D eigenvalue weighted by atomic mass is 10.0. The van der Waals surface area contributed by atoms with E-state index in [9.17, 15) is 15.0 Å². The summed E-state index contributed by atoms with van der Waals surface area (Å²) < 4.78 is 0. The van der Waals surface area contributed by atoms with Gasteiger partial charge in [0.1, 0.15) is 11.5 Å². The largest absolute Gasteiger partial charge is 0.508 e. The summed E-state index contributed by atoms with van der Waals surface area (Å²) in [5.41, 5.74) is 0.250. The molecule has 0 atom stereocenters. The summed E-state index contributed by atoms with van der Waals surface area (Å²) in [5.74, 6) is -0.383. The van der Waals surface area contributed by atoms with Crippen molar-refractivity contribution in [2.75, 3.05) is 19.6 Å². The highest BCUT2D eigenvalue weighted by Gasteiger charge is 2.24. The monoisotopic (exact) mass is 264 g/mol. The number of benzene rings is 1. The summed E-state index contributed by atoms with van der Waals surface area (Å²) >= 11 is 0. The third-order valence-corrected chi connectivity index (χ3v) is 3.49. The molecule has 1 fully saturated rings. The van der Waals surface area contributed by atoms with Crippen LogP contribution < -0.4 is 5.32 Å². The molecular formula is C14H20N2O3. The van der Waals surface area contributed by atoms with Crippen molar-refractivity contribution in [2.24, 2.45) is 0 Å². The van der Waals surface area contributed by atoms with Crippen molar-refractivity contribution >= 4 is 5.91 Å². The molecule has 2 rings (SSSR count). The summed E-state index contributed by atoms with van der Waals surface area (Å²) in [7, 11) is 0. The van der Waals surface area contributed by atoms with Crippen molar-refractivity contribution < 1.29 is 15.0 Å². The number of amides is 1. The second kappa shape index (κ2) is 5.93. The lowest BCUT2D eigenvalue weighted by Gasteiger charge is -2.32. The van der Waals surface area contributed by atoms with Crippen molar-refractivity contribution in [3.05, 3.63) is 23.8 Å². The van der Waals surface area contributed by atoms with Gasteiger partial charge in [-0.3, -0.25) is 4.79 Å². The fourth-order valence-corrected chi connectivity index (χ4v) is 2.45. The van der Waals surface area contributed by atoms with E-state index >= 15 is 0 Å². The molecular weight excluding hydrogens is 244 g/mol. The molecule has 0 saturated carbocycles. The maximum Gasteiger partial charge on any atom is 0.257 e. The Morgan fingerprint density at radius 2 is 2.05 bits per heavy atom. The van der Waals surface area contributed by atoms with E-state index in [1.807, 2.05) is 0 Å². The van der Waals surface area contributed by atoms with Gasteiger partial charge in [-0.05, 0) is 31.5 Å². The minimum absolute atomic E-state index is 0.0418. The topological polar surface area (TPSA) is 72.8 Å². The Bertz CT molecular complexity index is 454. The van der Waals surface area contributed by atoms with Gasteiger partial charge in [0, 0.05) is 25.2 Å². The summed E-state index contributed by atoms with van der Waals surface area (Å²) in [6, 6.07) is 4.54. The molecule has 5 nitrogen and oxygen atoms in total. The van der Waals surface area contributed by atoms with Crippen molar-refractivity contribution in [1.29, 1.82) is 0 Å². The Balaban J connectivity index is 2.01. The third kappa shape index (κ3) is 3.17. The predicted molar refractivity (Wildman–Crippen MR) is 72.4 cm³/mol. The Hall–Kier alpha value is -1.75. The first kappa shape index (κ1) is 13.7. The minimum atomic E-state index is -0.174. The van der Waals surface area contributed by atoms with Crippen LogP contribution in [0.15, 0.2) is 18.2 Å². The van der Waals surface area contributed by atoms with Crippen LogP contribution in [0.25, 0.3) is 0 Å². The molecule has 1 amide bonds. The van der Waals surface area contributed by atoms with Crippen LogP contribution in [0.1, 0.15) is 30.1 Å². The highest BCUT2D eigenvalue weighted by molar-refractivity contribution is 5.97. The Morgan fingerprint density at radius 3 is 2.63 bits per heavy atom. The number of hydrogen-bond acceptors (Lipinski definition) is 4. The van der Waals surface area contributed by atoms with Crippen molar-refractivity contribution in [1.82, 2.24) is 10.2 Å². The Kier molecular flexibility index (Phi) is 4.27. The summed E-state index contributed by atoms with van der Waals surface area (Å²) in [6.07, 6.45) is 1.86. The van der Waals surface area contributed by atoms with Crippen LogP contribution in [0.5, 0.6) is 11.5 Å². The average molecular weight is 264 g/mol. The number of hydrogen-bond donors (Lipinski definition) is 3. The molecule has 104 valence electrons. The lowest BCUT2D eigenvalue weighted by Crippen LogP contribution is -2.44. The molecule has 1 aromatic carbocycles. The molecule has 0 radical (unpaired) electrons. The van der Waals surface area contributed by atoms with Gasteiger partial charge in [-0.25, -0.2) is 0 Å². The Labute approximate surface area is 112 Å². The molecule has 1 aliphatic rings. The van der Waals surface area contributed by atoms with E-state index < -0.39 is 0 Å². The number of aromatic hydroxyl groups is 2. The van der Waals surface area contributed by atoms with Crippen LogP contribution in [0.2, 0.25) is 0 Å². The predicted octanol–water partition coefficient (Wildman–Crippen LogP) is 1.31. The number of likely N-dealkylation sites (tertiary alicyclic amines) is 1. The number of piperidine rings is 1. The Morgan fingerprint density at radius 1 is 1.37 bits per heavy atom. The SMILES string of the molecule is CCNC1CCN(C(=O)c2ccc(O)cc2O)CC1. The van der Waals surface area contributed by atoms with Gasteiger partial charge < -0.3 is 20.4 Å². The van der Waals surface area contributed by atoms with Crippen LogP contribution in [0, 0.1) is 0 Å². The molecule has 1 aromatic rings. The average Bonchev–Trinajstić information content (AvgIpc) is 2.39. The normalized spacial score (nSPS) is 16.6. The van der Waals surface area contributed by atoms with Gasteiger partial charge in [0.05, 0.1) is 5.56 Å². The van der Waals surface area contributed by atoms with E-state index in [1.165, 1.54) is 18.2 Å². The molecule has 1 heterocycles. The fraction of sp³-hybridized carbons (Fsp3) is 0.500. The van der Waals surface area contributed by atoms with Gasteiger partial charge in [0.15, 0.2) is 0 Å². The molecule has 1 saturated heterocycles. The van der Waals surface area contributed by atoms with Crippen LogP contribution >= 0.6 is 0 Å². The van der Waals surface area contributed by atoms with Gasteiger partial charge in [-0.2, -0.15) is 0 Å². The summed E-state index contributed by atoms with van der Waals surface area (Å²) in [6.45, 7) is 4.40. The van der Waals surface area contributed by atoms with Crippen LogP contribution in [-0.4, -0.2) is 46.7 Å². The maximum absolute atomic E-state index is 12.3. The van der Waals surface area contributed by atoms with Gasteiger partial charge in [0.2, 0.25) is 0 Å². The summed E-state index contributed by atoms with van der Waals surface area (Å²) in [5, 5.41) is 22.3. The maximum atomic E-state index is 12.3. The van der Waals surface area contributed by atoms with Crippen LogP contribution in [0.4, 0.5) is 0 Å². The van der Waals surface area contributed by atoms with E-state index in [4.69, 9.17) is 0 Å². The van der Waals surface area contributed by atoms with Crippen LogP contribution in [-0.2, 0) is 0 Å². The lowest BCUT2D eigenvalue weighted by molar-refractivity contribution is 0.0703. The second-order valence-corrected chi connectivity index (χ2v) is 4.83. The molecule has 5 heteroatoms. The first-order chi connectivity index (χ1) is 9.11. The van der Waals surface area contributed by atoms with Crippen LogP contribution in [0.3, 0.4) is 0 Å². The standard InChI is InChI=1S/C14H20N2O3/c1-2-15-10-5-7-16(8-6-10)14(19)12-4-3-11(17)9-13(12)18/h3-4,9-10,15,17-18H,2,5-8H2,1H3. The zero-order valence-electron chi connectivity index (χ0n) is 11.1. The highest BCUT2D eigenvalue weighted by atomic mass is 16.3. The quantitative estimate of drug-likeness (QED) is 0.769. The highest BCUT2D eigenvalue weighted by Crippen LogP contribution is 2.25. The minimum Gasteiger partial charge on any atom is -0.508 e. The van der Waals surface area contributed by atoms with Crippen molar-refractivity contribution in [3.8, 4) is 11.5 Å². The summed E-state index contributed by atoms with van der Waals surface area (Å²) in [4.78, 5) is 14.0.